The molecular formula is C13H18ClFN2O2S. The molecule has 1 heterocycles. The van der Waals surface area contributed by atoms with Gasteiger partial charge in [-0.3, -0.25) is 0 Å². The van der Waals surface area contributed by atoms with Gasteiger partial charge in [-0.15, -0.1) is 11.6 Å². The lowest BCUT2D eigenvalue weighted by Gasteiger charge is -2.37. The standard InChI is InChI=1S/C13H18ClFN2O2S/c1-10-9-16(2)5-6-17(10)20(18,19)13-4-3-11(8-14)7-12(13)15/h3-4,7,10H,5-6,8-9H2,1-2H3. The summed E-state index contributed by atoms with van der Waals surface area (Å²) >= 11 is 5.62. The van der Waals surface area contributed by atoms with Crippen molar-refractivity contribution in [1.29, 1.82) is 0 Å². The fourth-order valence-corrected chi connectivity index (χ4v) is 4.27. The number of nitrogens with zero attached hydrogens (tertiary/aromatic N) is 2. The van der Waals surface area contributed by atoms with Gasteiger partial charge < -0.3 is 4.90 Å². The van der Waals surface area contributed by atoms with Gasteiger partial charge >= 0.3 is 0 Å². The summed E-state index contributed by atoms with van der Waals surface area (Å²) in [5.41, 5.74) is 0.564. The van der Waals surface area contributed by atoms with E-state index >= 15 is 0 Å². The van der Waals surface area contributed by atoms with Crippen molar-refractivity contribution in [2.45, 2.75) is 23.7 Å². The second-order valence-corrected chi connectivity index (χ2v) is 7.25. The molecule has 1 atom stereocenters. The molecule has 0 bridgehead atoms. The molecule has 1 saturated heterocycles. The molecule has 0 radical (unpaired) electrons. The van der Waals surface area contributed by atoms with Gasteiger partial charge in [0.1, 0.15) is 10.7 Å². The Labute approximate surface area is 124 Å². The minimum atomic E-state index is -3.80. The topological polar surface area (TPSA) is 40.6 Å². The highest BCUT2D eigenvalue weighted by molar-refractivity contribution is 7.89. The minimum Gasteiger partial charge on any atom is -0.303 e. The maximum Gasteiger partial charge on any atom is 0.246 e. The van der Waals surface area contributed by atoms with Crippen molar-refractivity contribution in [2.24, 2.45) is 0 Å². The van der Waals surface area contributed by atoms with E-state index in [4.69, 9.17) is 11.6 Å². The van der Waals surface area contributed by atoms with E-state index in [1.165, 1.54) is 16.4 Å². The van der Waals surface area contributed by atoms with Gasteiger partial charge in [-0.25, -0.2) is 12.8 Å². The molecule has 1 unspecified atom stereocenters. The largest absolute Gasteiger partial charge is 0.303 e. The van der Waals surface area contributed by atoms with Crippen molar-refractivity contribution >= 4 is 21.6 Å². The van der Waals surface area contributed by atoms with E-state index in [1.54, 1.807) is 6.07 Å². The maximum absolute atomic E-state index is 14.0. The van der Waals surface area contributed by atoms with E-state index in [2.05, 4.69) is 4.90 Å². The van der Waals surface area contributed by atoms with Gasteiger partial charge in [0.05, 0.1) is 0 Å². The van der Waals surface area contributed by atoms with E-state index in [9.17, 15) is 12.8 Å². The van der Waals surface area contributed by atoms with Crippen LogP contribution in [0.5, 0.6) is 0 Å². The molecule has 0 saturated carbocycles. The van der Waals surface area contributed by atoms with Gasteiger partial charge in [-0.2, -0.15) is 4.31 Å². The van der Waals surface area contributed by atoms with Gasteiger partial charge in [-0.1, -0.05) is 6.07 Å². The summed E-state index contributed by atoms with van der Waals surface area (Å²) in [7, 11) is -1.86. The Balaban J connectivity index is 2.35. The Morgan fingerprint density at radius 2 is 2.10 bits per heavy atom. The average Bonchev–Trinajstić information content (AvgIpc) is 2.37. The number of likely N-dealkylation sites (N-methyl/N-ethyl adjacent to an activating group) is 1. The van der Waals surface area contributed by atoms with E-state index < -0.39 is 15.8 Å². The molecule has 1 aromatic rings. The normalized spacial score (nSPS) is 22.1. The molecule has 7 heteroatoms. The van der Waals surface area contributed by atoms with Gasteiger partial charge in [-0.05, 0) is 31.7 Å². The summed E-state index contributed by atoms with van der Waals surface area (Å²) in [5, 5.41) is 0. The zero-order valence-electron chi connectivity index (χ0n) is 11.5. The summed E-state index contributed by atoms with van der Waals surface area (Å²) in [4.78, 5) is 1.78. The predicted octanol–water partition coefficient (Wildman–Crippen LogP) is 1.89. The summed E-state index contributed by atoms with van der Waals surface area (Å²) in [6.45, 7) is 3.49. The highest BCUT2D eigenvalue weighted by Gasteiger charge is 2.34. The molecule has 0 aromatic heterocycles. The molecule has 112 valence electrons. The van der Waals surface area contributed by atoms with Gasteiger partial charge in [0.15, 0.2) is 0 Å². The van der Waals surface area contributed by atoms with Crippen LogP contribution >= 0.6 is 11.6 Å². The smallest absolute Gasteiger partial charge is 0.246 e. The number of hydrogen-bond donors (Lipinski definition) is 0. The first kappa shape index (κ1) is 15.7. The van der Waals surface area contributed by atoms with Crippen LogP contribution < -0.4 is 0 Å². The monoisotopic (exact) mass is 320 g/mol. The number of alkyl halides is 1. The second kappa shape index (κ2) is 5.97. The zero-order chi connectivity index (χ0) is 14.9. The number of rotatable bonds is 3. The Morgan fingerprint density at radius 3 is 2.65 bits per heavy atom. The van der Waals surface area contributed by atoms with Crippen molar-refractivity contribution in [3.05, 3.63) is 29.6 Å². The van der Waals surface area contributed by atoms with Crippen LogP contribution in [0.25, 0.3) is 0 Å². The number of halogens is 2. The first-order valence-corrected chi connectivity index (χ1v) is 8.38. The van der Waals surface area contributed by atoms with Crippen LogP contribution in [0, 0.1) is 5.82 Å². The number of sulfonamides is 1. The van der Waals surface area contributed by atoms with Crippen LogP contribution in [-0.4, -0.2) is 50.3 Å². The molecule has 0 amide bonds. The van der Waals surface area contributed by atoms with Gasteiger partial charge in [0, 0.05) is 31.6 Å². The third-order valence-corrected chi connectivity index (χ3v) is 5.86. The Bertz CT molecular complexity index is 594. The van der Waals surface area contributed by atoms with E-state index in [-0.39, 0.29) is 16.8 Å². The van der Waals surface area contributed by atoms with Crippen LogP contribution in [0.3, 0.4) is 0 Å². The molecule has 0 spiro atoms. The van der Waals surface area contributed by atoms with E-state index in [0.29, 0.717) is 25.2 Å². The summed E-state index contributed by atoms with van der Waals surface area (Å²) in [5.74, 6) is -0.586. The van der Waals surface area contributed by atoms with Crippen molar-refractivity contribution < 1.29 is 12.8 Å². The molecule has 1 aromatic carbocycles. The molecule has 20 heavy (non-hydrogen) atoms. The maximum atomic E-state index is 14.0. The Hall–Kier alpha value is -0.690. The quantitative estimate of drug-likeness (QED) is 0.799. The minimum absolute atomic E-state index is 0.155. The van der Waals surface area contributed by atoms with Crippen molar-refractivity contribution in [1.82, 2.24) is 9.21 Å². The molecular weight excluding hydrogens is 303 g/mol. The van der Waals surface area contributed by atoms with E-state index in [0.717, 1.165) is 0 Å². The fraction of sp³-hybridized carbons (Fsp3) is 0.538. The van der Waals surface area contributed by atoms with Gasteiger partial charge in [0.25, 0.3) is 0 Å². The summed E-state index contributed by atoms with van der Waals surface area (Å²) < 4.78 is 40.5. The lowest BCUT2D eigenvalue weighted by atomic mass is 10.2. The highest BCUT2D eigenvalue weighted by Crippen LogP contribution is 2.24. The first-order valence-electron chi connectivity index (χ1n) is 6.41. The first-order chi connectivity index (χ1) is 9.36. The van der Waals surface area contributed by atoms with Crippen molar-refractivity contribution in [3.63, 3.8) is 0 Å². The molecule has 1 aliphatic rings. The van der Waals surface area contributed by atoms with Crippen LogP contribution in [0.1, 0.15) is 12.5 Å². The number of hydrogen-bond acceptors (Lipinski definition) is 3. The number of benzene rings is 1. The van der Waals surface area contributed by atoms with Crippen LogP contribution in [0.15, 0.2) is 23.1 Å². The fourth-order valence-electron chi connectivity index (χ4n) is 2.44. The third-order valence-electron chi connectivity index (χ3n) is 3.51. The Kier molecular flexibility index (Phi) is 4.69. The molecule has 4 nitrogen and oxygen atoms in total. The predicted molar refractivity (Wildman–Crippen MR) is 76.8 cm³/mol. The summed E-state index contributed by atoms with van der Waals surface area (Å²) in [6.07, 6.45) is 0. The molecule has 0 N–H and O–H groups in total. The van der Waals surface area contributed by atoms with Gasteiger partial charge in [0.2, 0.25) is 10.0 Å². The zero-order valence-corrected chi connectivity index (χ0v) is 13.1. The SMILES string of the molecule is CC1CN(C)CCN1S(=O)(=O)c1ccc(CCl)cc1F. The second-order valence-electron chi connectivity index (χ2n) is 5.13. The lowest BCUT2D eigenvalue weighted by molar-refractivity contribution is 0.170. The Morgan fingerprint density at radius 1 is 1.40 bits per heavy atom. The average molecular weight is 321 g/mol. The van der Waals surface area contributed by atoms with E-state index in [1.807, 2.05) is 14.0 Å². The van der Waals surface area contributed by atoms with Crippen LogP contribution in [-0.2, 0) is 15.9 Å². The highest BCUT2D eigenvalue weighted by atomic mass is 35.5. The van der Waals surface area contributed by atoms with Crippen LogP contribution in [0.2, 0.25) is 0 Å². The van der Waals surface area contributed by atoms with Crippen molar-refractivity contribution in [2.75, 3.05) is 26.7 Å². The third kappa shape index (κ3) is 2.98. The molecule has 0 aliphatic carbocycles. The molecule has 1 fully saturated rings. The van der Waals surface area contributed by atoms with Crippen molar-refractivity contribution in [3.8, 4) is 0 Å². The number of piperazine rings is 1. The van der Waals surface area contributed by atoms with Crippen LogP contribution in [0.4, 0.5) is 4.39 Å². The molecule has 2 rings (SSSR count). The molecule has 1 aliphatic heterocycles. The summed E-state index contributed by atoms with van der Waals surface area (Å²) in [6, 6.07) is 3.85. The lowest BCUT2D eigenvalue weighted by Crippen LogP contribution is -2.52.